The minimum atomic E-state index is -0.280. The molecule has 0 bridgehead atoms. The third-order valence-corrected chi connectivity index (χ3v) is 4.46. The molecule has 96 valence electrons. The monoisotopic (exact) mass is 302 g/mol. The van der Waals surface area contributed by atoms with Gasteiger partial charge in [-0.2, -0.15) is 0 Å². The first-order valence-corrected chi connectivity index (χ1v) is 6.95. The molecule has 0 aliphatic heterocycles. The van der Waals surface area contributed by atoms with Crippen LogP contribution in [-0.4, -0.2) is 14.2 Å². The van der Waals surface area contributed by atoms with Crippen LogP contribution in [0.5, 0.6) is 11.5 Å². The summed E-state index contributed by atoms with van der Waals surface area (Å²) in [6.07, 6.45) is 0. The van der Waals surface area contributed by atoms with Crippen LogP contribution in [0.15, 0.2) is 29.6 Å². The molecule has 0 spiro atoms. The van der Waals surface area contributed by atoms with Crippen molar-refractivity contribution in [1.82, 2.24) is 0 Å². The van der Waals surface area contributed by atoms with Gasteiger partial charge in [0, 0.05) is 15.3 Å². The average Bonchev–Trinajstić information content (AvgIpc) is 2.86. The van der Waals surface area contributed by atoms with Crippen LogP contribution in [0.2, 0.25) is 5.02 Å². The quantitative estimate of drug-likeness (QED) is 0.759. The molecule has 0 N–H and O–H groups in total. The first-order chi connectivity index (χ1) is 8.65. The predicted octanol–water partition coefficient (Wildman–Crippen LogP) is 4.75. The molecule has 0 saturated heterocycles. The molecule has 2 rings (SSSR count). The van der Waals surface area contributed by atoms with Gasteiger partial charge in [0.15, 0.2) is 0 Å². The van der Waals surface area contributed by atoms with Crippen molar-refractivity contribution in [1.29, 1.82) is 0 Å². The lowest BCUT2D eigenvalue weighted by Crippen LogP contribution is -1.93. The van der Waals surface area contributed by atoms with E-state index in [0.29, 0.717) is 5.02 Å². The van der Waals surface area contributed by atoms with Crippen LogP contribution in [-0.2, 0) is 0 Å². The molecule has 0 aliphatic carbocycles. The summed E-state index contributed by atoms with van der Waals surface area (Å²) in [6, 6.07) is 7.41. The molecule has 0 fully saturated rings. The van der Waals surface area contributed by atoms with Crippen molar-refractivity contribution in [2.24, 2.45) is 0 Å². The van der Waals surface area contributed by atoms with E-state index in [9.17, 15) is 0 Å². The van der Waals surface area contributed by atoms with Gasteiger partial charge in [0.25, 0.3) is 0 Å². The molecule has 5 heteroatoms. The Bertz CT molecular complexity index is 540. The van der Waals surface area contributed by atoms with Gasteiger partial charge >= 0.3 is 0 Å². The van der Waals surface area contributed by atoms with Crippen molar-refractivity contribution in [2.45, 2.75) is 5.38 Å². The van der Waals surface area contributed by atoms with Gasteiger partial charge in [-0.25, -0.2) is 0 Å². The van der Waals surface area contributed by atoms with Crippen LogP contribution in [0.1, 0.15) is 15.8 Å². The zero-order chi connectivity index (χ0) is 13.1. The molecule has 1 aromatic heterocycles. The highest BCUT2D eigenvalue weighted by atomic mass is 35.5. The van der Waals surface area contributed by atoms with Crippen molar-refractivity contribution < 1.29 is 9.47 Å². The molecule has 2 nitrogen and oxygen atoms in total. The highest BCUT2D eigenvalue weighted by Crippen LogP contribution is 2.39. The highest BCUT2D eigenvalue weighted by molar-refractivity contribution is 7.10. The van der Waals surface area contributed by atoms with Gasteiger partial charge in [-0.05, 0) is 23.8 Å². The summed E-state index contributed by atoms with van der Waals surface area (Å²) in [5.41, 5.74) is 0.864. The first kappa shape index (κ1) is 13.5. The zero-order valence-electron chi connectivity index (χ0n) is 9.94. The van der Waals surface area contributed by atoms with E-state index in [1.807, 2.05) is 23.6 Å². The second-order valence-electron chi connectivity index (χ2n) is 3.64. The van der Waals surface area contributed by atoms with Crippen molar-refractivity contribution in [3.63, 3.8) is 0 Å². The topological polar surface area (TPSA) is 18.5 Å². The lowest BCUT2D eigenvalue weighted by Gasteiger charge is -2.11. The van der Waals surface area contributed by atoms with E-state index in [0.717, 1.165) is 21.9 Å². The lowest BCUT2D eigenvalue weighted by atomic mass is 10.1. The second kappa shape index (κ2) is 5.83. The Hall–Kier alpha value is -0.900. The number of rotatable bonds is 4. The average molecular weight is 303 g/mol. The molecular weight excluding hydrogens is 291 g/mol. The summed E-state index contributed by atoms with van der Waals surface area (Å²) in [6.45, 7) is 0. The van der Waals surface area contributed by atoms with E-state index in [1.54, 1.807) is 31.6 Å². The fourth-order valence-electron chi connectivity index (χ4n) is 1.57. The molecule has 2 aromatic rings. The number of ether oxygens (including phenoxy) is 2. The van der Waals surface area contributed by atoms with Crippen molar-refractivity contribution in [3.05, 3.63) is 45.1 Å². The summed E-state index contributed by atoms with van der Waals surface area (Å²) in [5, 5.41) is 2.24. The Labute approximate surface area is 120 Å². The summed E-state index contributed by atoms with van der Waals surface area (Å²) >= 11 is 14.2. The van der Waals surface area contributed by atoms with Gasteiger partial charge in [-0.15, -0.1) is 22.9 Å². The van der Waals surface area contributed by atoms with Gasteiger partial charge < -0.3 is 9.47 Å². The number of halogens is 2. The third-order valence-electron chi connectivity index (χ3n) is 2.56. The van der Waals surface area contributed by atoms with Crippen molar-refractivity contribution >= 4 is 34.5 Å². The highest BCUT2D eigenvalue weighted by Gasteiger charge is 2.17. The minimum Gasteiger partial charge on any atom is -0.497 e. The zero-order valence-corrected chi connectivity index (χ0v) is 12.3. The predicted molar refractivity (Wildman–Crippen MR) is 76.6 cm³/mol. The maximum atomic E-state index is 6.43. The number of hydrogen-bond acceptors (Lipinski definition) is 3. The maximum absolute atomic E-state index is 6.43. The SMILES string of the molecule is COc1csc(C(Cl)c2ccc(OC)cc2Cl)c1. The largest absolute Gasteiger partial charge is 0.497 e. The van der Waals surface area contributed by atoms with E-state index in [2.05, 4.69) is 0 Å². The smallest absolute Gasteiger partial charge is 0.129 e. The Morgan fingerprint density at radius 1 is 1.11 bits per heavy atom. The molecule has 0 aliphatic rings. The molecule has 1 unspecified atom stereocenters. The van der Waals surface area contributed by atoms with Crippen LogP contribution in [0.25, 0.3) is 0 Å². The molecule has 0 saturated carbocycles. The third kappa shape index (κ3) is 2.74. The fraction of sp³-hybridized carbons (Fsp3) is 0.231. The molecule has 1 aromatic carbocycles. The van der Waals surface area contributed by atoms with Crippen molar-refractivity contribution in [3.8, 4) is 11.5 Å². The van der Waals surface area contributed by atoms with E-state index < -0.39 is 0 Å². The van der Waals surface area contributed by atoms with Gasteiger partial charge in [0.2, 0.25) is 0 Å². The number of alkyl halides is 1. The molecule has 0 radical (unpaired) electrons. The number of benzene rings is 1. The van der Waals surface area contributed by atoms with E-state index in [-0.39, 0.29) is 5.38 Å². The van der Waals surface area contributed by atoms with E-state index in [4.69, 9.17) is 32.7 Å². The van der Waals surface area contributed by atoms with Crippen LogP contribution in [0.3, 0.4) is 0 Å². The van der Waals surface area contributed by atoms with Gasteiger partial charge in [0.05, 0.1) is 19.6 Å². The summed E-state index contributed by atoms with van der Waals surface area (Å²) in [5.74, 6) is 1.53. The minimum absolute atomic E-state index is 0.280. The van der Waals surface area contributed by atoms with E-state index >= 15 is 0 Å². The normalized spacial score (nSPS) is 12.2. The van der Waals surface area contributed by atoms with Crippen LogP contribution >= 0.6 is 34.5 Å². The first-order valence-electron chi connectivity index (χ1n) is 5.25. The lowest BCUT2D eigenvalue weighted by molar-refractivity contribution is 0.414. The Morgan fingerprint density at radius 3 is 2.39 bits per heavy atom. The Kier molecular flexibility index (Phi) is 4.38. The second-order valence-corrected chi connectivity index (χ2v) is 5.43. The van der Waals surface area contributed by atoms with Crippen LogP contribution in [0, 0.1) is 0 Å². The molecule has 0 amide bonds. The number of thiophene rings is 1. The molecule has 1 heterocycles. The fourth-order valence-corrected chi connectivity index (χ4v) is 3.16. The molecule has 18 heavy (non-hydrogen) atoms. The summed E-state index contributed by atoms with van der Waals surface area (Å²) in [4.78, 5) is 1.00. The standard InChI is InChI=1S/C13H12Cl2O2S/c1-16-8-3-4-10(11(14)5-8)13(15)12-6-9(17-2)7-18-12/h3-7,13H,1-2H3. The van der Waals surface area contributed by atoms with Gasteiger partial charge in [-0.3, -0.25) is 0 Å². The van der Waals surface area contributed by atoms with E-state index in [1.165, 1.54) is 0 Å². The number of hydrogen-bond donors (Lipinski definition) is 0. The van der Waals surface area contributed by atoms with Crippen LogP contribution in [0.4, 0.5) is 0 Å². The molecular formula is C13H12Cl2O2S. The summed E-state index contributed by atoms with van der Waals surface area (Å²) in [7, 11) is 3.24. The maximum Gasteiger partial charge on any atom is 0.129 e. The Balaban J connectivity index is 2.30. The summed E-state index contributed by atoms with van der Waals surface area (Å²) < 4.78 is 10.3. The van der Waals surface area contributed by atoms with Crippen LogP contribution < -0.4 is 9.47 Å². The van der Waals surface area contributed by atoms with Crippen molar-refractivity contribution in [2.75, 3.05) is 14.2 Å². The van der Waals surface area contributed by atoms with Gasteiger partial charge in [-0.1, -0.05) is 17.7 Å². The number of methoxy groups -OCH3 is 2. The Morgan fingerprint density at radius 2 is 1.83 bits per heavy atom. The van der Waals surface area contributed by atoms with Gasteiger partial charge in [0.1, 0.15) is 11.5 Å². The molecule has 1 atom stereocenters.